The minimum absolute atomic E-state index is 0.491. The molecule has 28 heavy (non-hydrogen) atoms. The van der Waals surface area contributed by atoms with Gasteiger partial charge in [0, 0.05) is 45.3 Å². The lowest BCUT2D eigenvalue weighted by Crippen LogP contribution is -2.55. The van der Waals surface area contributed by atoms with Crippen molar-refractivity contribution in [3.05, 3.63) is 48.2 Å². The normalized spacial score (nSPS) is 20.6. The first kappa shape index (κ1) is 18.6. The van der Waals surface area contributed by atoms with Crippen molar-refractivity contribution in [3.8, 4) is 11.8 Å². The number of piperazine rings is 1. The van der Waals surface area contributed by atoms with E-state index in [0.717, 1.165) is 57.3 Å². The lowest BCUT2D eigenvalue weighted by atomic mass is 10.0. The number of anilines is 2. The van der Waals surface area contributed by atoms with Gasteiger partial charge in [-0.1, -0.05) is 18.2 Å². The van der Waals surface area contributed by atoms with Gasteiger partial charge in [0.1, 0.15) is 23.3 Å². The van der Waals surface area contributed by atoms with Crippen LogP contribution in [0.1, 0.15) is 18.5 Å². The highest BCUT2D eigenvalue weighted by Gasteiger charge is 2.29. The van der Waals surface area contributed by atoms with Crippen molar-refractivity contribution in [2.24, 2.45) is 0 Å². The number of pyridine rings is 1. The first-order valence-corrected chi connectivity index (χ1v) is 10.0. The summed E-state index contributed by atoms with van der Waals surface area (Å²) in [6.45, 7) is 6.14. The molecule has 0 amide bonds. The van der Waals surface area contributed by atoms with Crippen molar-refractivity contribution in [1.82, 2.24) is 9.88 Å². The van der Waals surface area contributed by atoms with E-state index in [-0.39, 0.29) is 0 Å². The van der Waals surface area contributed by atoms with Gasteiger partial charge >= 0.3 is 0 Å². The molecule has 1 aromatic carbocycles. The summed E-state index contributed by atoms with van der Waals surface area (Å²) < 4.78 is 5.53. The van der Waals surface area contributed by atoms with E-state index in [0.29, 0.717) is 11.7 Å². The number of hydrogen-bond donors (Lipinski definition) is 0. The number of nitriles is 1. The lowest BCUT2D eigenvalue weighted by Gasteiger charge is -2.44. The van der Waals surface area contributed by atoms with E-state index < -0.39 is 0 Å². The second-order valence-corrected chi connectivity index (χ2v) is 7.43. The summed E-state index contributed by atoms with van der Waals surface area (Å²) in [5.74, 6) is 1.87. The smallest absolute Gasteiger partial charge is 0.142 e. The summed E-state index contributed by atoms with van der Waals surface area (Å²) in [5, 5.41) is 9.12. The van der Waals surface area contributed by atoms with E-state index in [9.17, 15) is 0 Å². The predicted octanol–water partition coefficient (Wildman–Crippen LogP) is 2.75. The molecule has 3 heterocycles. The largest absolute Gasteiger partial charge is 0.495 e. The molecule has 0 bridgehead atoms. The van der Waals surface area contributed by atoms with Crippen LogP contribution < -0.4 is 14.5 Å². The second kappa shape index (κ2) is 8.49. The van der Waals surface area contributed by atoms with Crippen molar-refractivity contribution in [3.63, 3.8) is 0 Å². The third-order valence-corrected chi connectivity index (χ3v) is 5.83. The Labute approximate surface area is 166 Å². The van der Waals surface area contributed by atoms with E-state index in [1.54, 1.807) is 13.2 Å². The van der Waals surface area contributed by atoms with Gasteiger partial charge in [-0.25, -0.2) is 4.98 Å². The van der Waals surface area contributed by atoms with E-state index in [4.69, 9.17) is 10.00 Å². The molecule has 0 saturated carbocycles. The molecule has 4 rings (SSSR count). The van der Waals surface area contributed by atoms with Crippen LogP contribution in [0.2, 0.25) is 0 Å². The summed E-state index contributed by atoms with van der Waals surface area (Å²) in [6, 6.07) is 16.7. The van der Waals surface area contributed by atoms with Crippen molar-refractivity contribution in [2.75, 3.05) is 56.2 Å². The van der Waals surface area contributed by atoms with E-state index in [2.05, 4.69) is 37.9 Å². The Morgan fingerprint density at radius 2 is 1.82 bits per heavy atom. The van der Waals surface area contributed by atoms with E-state index in [1.807, 2.05) is 24.3 Å². The number of methoxy groups -OCH3 is 1. The van der Waals surface area contributed by atoms with Gasteiger partial charge in [-0.05, 0) is 37.1 Å². The van der Waals surface area contributed by atoms with Gasteiger partial charge in [0.05, 0.1) is 12.8 Å². The number of nitrogens with zero attached hydrogens (tertiary/aromatic N) is 5. The zero-order valence-corrected chi connectivity index (χ0v) is 16.4. The van der Waals surface area contributed by atoms with Crippen molar-refractivity contribution >= 4 is 11.5 Å². The molecule has 2 aliphatic heterocycles. The summed E-state index contributed by atoms with van der Waals surface area (Å²) in [6.07, 6.45) is 2.39. The number of rotatable bonds is 4. The van der Waals surface area contributed by atoms with Crippen LogP contribution in [0.5, 0.6) is 5.75 Å². The molecule has 6 nitrogen and oxygen atoms in total. The van der Waals surface area contributed by atoms with Crippen LogP contribution in [-0.2, 0) is 0 Å². The quantitative estimate of drug-likeness (QED) is 0.817. The molecule has 0 spiro atoms. The molecular weight excluding hydrogens is 350 g/mol. The third-order valence-electron chi connectivity index (χ3n) is 5.83. The Morgan fingerprint density at radius 1 is 1.00 bits per heavy atom. The van der Waals surface area contributed by atoms with Gasteiger partial charge in [0.2, 0.25) is 0 Å². The topological polar surface area (TPSA) is 55.6 Å². The van der Waals surface area contributed by atoms with Gasteiger partial charge in [-0.3, -0.25) is 4.90 Å². The van der Waals surface area contributed by atoms with Crippen molar-refractivity contribution in [2.45, 2.75) is 18.9 Å². The average molecular weight is 377 g/mol. The molecule has 0 N–H and O–H groups in total. The molecule has 2 aliphatic rings. The standard InChI is InChI=1S/C22H27N5O/c1-28-21-9-3-2-8-20(21)26-14-12-25(13-15-26)19-7-5-11-27(17-19)22-10-4-6-18(16-23)24-22/h2-4,6,8-10,19H,5,7,11-15,17H2,1H3. The predicted molar refractivity (Wildman–Crippen MR) is 111 cm³/mol. The Bertz CT molecular complexity index is 841. The minimum atomic E-state index is 0.491. The summed E-state index contributed by atoms with van der Waals surface area (Å²) in [5.41, 5.74) is 1.68. The van der Waals surface area contributed by atoms with Gasteiger partial charge in [-0.15, -0.1) is 0 Å². The van der Waals surface area contributed by atoms with Crippen LogP contribution in [-0.4, -0.2) is 62.3 Å². The first-order valence-electron chi connectivity index (χ1n) is 10.0. The van der Waals surface area contributed by atoms with Crippen LogP contribution in [0, 0.1) is 11.3 Å². The minimum Gasteiger partial charge on any atom is -0.495 e. The number of ether oxygens (including phenoxy) is 1. The second-order valence-electron chi connectivity index (χ2n) is 7.43. The maximum Gasteiger partial charge on any atom is 0.142 e. The molecule has 0 aliphatic carbocycles. The Kier molecular flexibility index (Phi) is 5.63. The molecule has 146 valence electrons. The number of para-hydroxylation sites is 2. The van der Waals surface area contributed by atoms with Crippen LogP contribution in [0.3, 0.4) is 0 Å². The molecule has 0 radical (unpaired) electrons. The molecule has 1 unspecified atom stereocenters. The SMILES string of the molecule is COc1ccccc1N1CCN(C2CCCN(c3cccc(C#N)n3)C2)CC1. The van der Waals surface area contributed by atoms with Gasteiger partial charge in [-0.2, -0.15) is 5.26 Å². The van der Waals surface area contributed by atoms with Gasteiger partial charge in [0.15, 0.2) is 0 Å². The number of aromatic nitrogens is 1. The van der Waals surface area contributed by atoms with Crippen molar-refractivity contribution in [1.29, 1.82) is 5.26 Å². The maximum absolute atomic E-state index is 9.12. The number of hydrogen-bond acceptors (Lipinski definition) is 6. The summed E-state index contributed by atoms with van der Waals surface area (Å²) in [4.78, 5) is 11.9. The molecule has 2 saturated heterocycles. The van der Waals surface area contributed by atoms with Crippen molar-refractivity contribution < 1.29 is 4.74 Å². The van der Waals surface area contributed by atoms with Gasteiger partial charge in [0.25, 0.3) is 0 Å². The molecule has 1 aromatic heterocycles. The summed E-state index contributed by atoms with van der Waals surface area (Å²) in [7, 11) is 1.74. The third kappa shape index (κ3) is 3.90. The lowest BCUT2D eigenvalue weighted by molar-refractivity contribution is 0.166. The molecule has 2 aromatic rings. The number of benzene rings is 1. The monoisotopic (exact) mass is 377 g/mol. The van der Waals surface area contributed by atoms with Crippen LogP contribution in [0.15, 0.2) is 42.5 Å². The van der Waals surface area contributed by atoms with Crippen LogP contribution in [0.4, 0.5) is 11.5 Å². The fraction of sp³-hybridized carbons (Fsp3) is 0.455. The van der Waals surface area contributed by atoms with E-state index in [1.165, 1.54) is 12.1 Å². The molecule has 2 fully saturated rings. The average Bonchev–Trinajstić information content (AvgIpc) is 2.79. The number of piperidine rings is 1. The highest BCUT2D eigenvalue weighted by molar-refractivity contribution is 5.58. The van der Waals surface area contributed by atoms with E-state index >= 15 is 0 Å². The highest BCUT2D eigenvalue weighted by atomic mass is 16.5. The molecular formula is C22H27N5O. The fourth-order valence-electron chi connectivity index (χ4n) is 4.34. The fourth-order valence-corrected chi connectivity index (χ4v) is 4.34. The Balaban J connectivity index is 1.38. The Hall–Kier alpha value is -2.78. The molecule has 6 heteroatoms. The van der Waals surface area contributed by atoms with Crippen LogP contribution in [0.25, 0.3) is 0 Å². The first-order chi connectivity index (χ1) is 13.8. The Morgan fingerprint density at radius 3 is 2.61 bits per heavy atom. The zero-order valence-electron chi connectivity index (χ0n) is 16.4. The zero-order chi connectivity index (χ0) is 19.3. The highest BCUT2D eigenvalue weighted by Crippen LogP contribution is 2.29. The summed E-state index contributed by atoms with van der Waals surface area (Å²) >= 11 is 0. The van der Waals surface area contributed by atoms with Gasteiger partial charge < -0.3 is 14.5 Å². The van der Waals surface area contributed by atoms with Crippen LogP contribution >= 0.6 is 0 Å². The maximum atomic E-state index is 9.12. The molecule has 1 atom stereocenters.